The summed E-state index contributed by atoms with van der Waals surface area (Å²) in [6.45, 7) is 8.81. The van der Waals surface area contributed by atoms with Crippen LogP contribution in [0.15, 0.2) is 21.8 Å². The van der Waals surface area contributed by atoms with E-state index in [0.29, 0.717) is 6.54 Å². The maximum absolute atomic E-state index is 5.97. The number of aromatic nitrogens is 1. The second-order valence-corrected chi connectivity index (χ2v) is 8.56. The lowest BCUT2D eigenvalue weighted by Crippen LogP contribution is -2.63. The molecule has 0 radical (unpaired) electrons. The van der Waals surface area contributed by atoms with Crippen LogP contribution in [0.4, 0.5) is 0 Å². The number of morpholine rings is 1. The van der Waals surface area contributed by atoms with Crippen molar-refractivity contribution in [2.75, 3.05) is 40.3 Å². The summed E-state index contributed by atoms with van der Waals surface area (Å²) in [5.41, 5.74) is 1.01. The van der Waals surface area contributed by atoms with E-state index in [1.54, 1.807) is 6.26 Å². The number of halogens is 1. The molecule has 0 atom stereocenters. The molecule has 2 heterocycles. The van der Waals surface area contributed by atoms with Gasteiger partial charge >= 0.3 is 0 Å². The van der Waals surface area contributed by atoms with Crippen LogP contribution in [-0.4, -0.2) is 72.4 Å². The zero-order valence-corrected chi connectivity index (χ0v) is 20.1. The summed E-state index contributed by atoms with van der Waals surface area (Å²) in [4.78, 5) is 9.26. The van der Waals surface area contributed by atoms with Gasteiger partial charge in [0.15, 0.2) is 5.96 Å². The van der Waals surface area contributed by atoms with Gasteiger partial charge in [0.2, 0.25) is 0 Å². The predicted molar refractivity (Wildman–Crippen MR) is 122 cm³/mol. The van der Waals surface area contributed by atoms with Crippen LogP contribution in [0.2, 0.25) is 0 Å². The minimum Gasteiger partial charge on any atom is -0.373 e. The van der Waals surface area contributed by atoms with E-state index in [1.807, 2.05) is 20.2 Å². The minimum absolute atomic E-state index is 0. The van der Waals surface area contributed by atoms with Crippen LogP contribution in [-0.2, 0) is 11.3 Å². The first-order chi connectivity index (χ1) is 12.9. The fraction of sp³-hybridized carbons (Fsp3) is 0.800. The molecule has 1 N–H and O–H groups in total. The maximum atomic E-state index is 5.97. The summed E-state index contributed by atoms with van der Waals surface area (Å²) >= 11 is 0. The van der Waals surface area contributed by atoms with Gasteiger partial charge in [0.05, 0.1) is 18.8 Å². The van der Waals surface area contributed by atoms with Crippen LogP contribution in [0.25, 0.3) is 0 Å². The van der Waals surface area contributed by atoms with E-state index < -0.39 is 0 Å². The van der Waals surface area contributed by atoms with Crippen LogP contribution < -0.4 is 5.32 Å². The van der Waals surface area contributed by atoms with E-state index >= 15 is 0 Å². The quantitative estimate of drug-likeness (QED) is 0.377. The van der Waals surface area contributed by atoms with Gasteiger partial charge in [0, 0.05) is 45.3 Å². The number of aliphatic imine (C=N–C) groups is 1. The second-order valence-electron chi connectivity index (χ2n) is 8.56. The average molecular weight is 505 g/mol. The first-order valence-corrected chi connectivity index (χ1v) is 10.1. The van der Waals surface area contributed by atoms with Gasteiger partial charge in [0.1, 0.15) is 12.0 Å². The highest BCUT2D eigenvalue weighted by Gasteiger charge is 2.42. The Labute approximate surface area is 186 Å². The Morgan fingerprint density at radius 1 is 1.32 bits per heavy atom. The molecule has 1 aliphatic heterocycles. The average Bonchev–Trinajstić information content (AvgIpc) is 3.15. The van der Waals surface area contributed by atoms with Crippen molar-refractivity contribution in [2.45, 2.75) is 63.6 Å². The number of guanidine groups is 1. The number of hydrogen-bond acceptors (Lipinski definition) is 5. The first-order valence-electron chi connectivity index (χ1n) is 10.1. The summed E-state index contributed by atoms with van der Waals surface area (Å²) in [7, 11) is 3.88. The number of hydrogen-bond donors (Lipinski definition) is 1. The van der Waals surface area contributed by atoms with Gasteiger partial charge in [-0.05, 0) is 26.7 Å². The Hall–Kier alpha value is -0.870. The molecular weight excluding hydrogens is 469 g/mol. The highest BCUT2D eigenvalue weighted by Crippen LogP contribution is 2.36. The molecule has 1 saturated carbocycles. The fourth-order valence-corrected chi connectivity index (χ4v) is 4.50. The first kappa shape index (κ1) is 23.4. The Morgan fingerprint density at radius 2 is 2.07 bits per heavy atom. The molecule has 1 aromatic rings. The van der Waals surface area contributed by atoms with E-state index in [1.165, 1.54) is 32.1 Å². The highest BCUT2D eigenvalue weighted by molar-refractivity contribution is 14.0. The number of ether oxygens (including phenoxy) is 1. The fourth-order valence-electron chi connectivity index (χ4n) is 4.50. The molecule has 0 aromatic carbocycles. The van der Waals surface area contributed by atoms with Crippen LogP contribution in [0, 0.1) is 0 Å². The van der Waals surface area contributed by atoms with Crippen LogP contribution in [0.1, 0.15) is 51.6 Å². The van der Waals surface area contributed by atoms with Crippen molar-refractivity contribution in [1.29, 1.82) is 0 Å². The largest absolute Gasteiger partial charge is 0.373 e. The molecule has 1 aromatic heterocycles. The third-order valence-electron chi connectivity index (χ3n) is 5.92. The van der Waals surface area contributed by atoms with Gasteiger partial charge in [0.25, 0.3) is 0 Å². The molecule has 8 heteroatoms. The van der Waals surface area contributed by atoms with Crippen molar-refractivity contribution >= 4 is 29.9 Å². The van der Waals surface area contributed by atoms with Crippen molar-refractivity contribution in [3.8, 4) is 0 Å². The standard InChI is InChI=1S/C20H35N5O2.HI/c1-19(2)16-25(11-13-26-19)20(9-6-5-7-10-20)15-22-18(21-3)24(4)14-17-8-12-27-23-17;/h8,12H,5-7,9-11,13-16H2,1-4H3,(H,21,22);1H. The van der Waals surface area contributed by atoms with Crippen molar-refractivity contribution in [1.82, 2.24) is 20.3 Å². The summed E-state index contributed by atoms with van der Waals surface area (Å²) in [5.74, 6) is 0.899. The minimum atomic E-state index is -0.0753. The van der Waals surface area contributed by atoms with Crippen LogP contribution in [0.5, 0.6) is 0 Å². The Balaban J connectivity index is 0.00000280. The number of rotatable bonds is 5. The molecule has 0 amide bonds. The molecule has 0 bridgehead atoms. The summed E-state index contributed by atoms with van der Waals surface area (Å²) in [6, 6.07) is 1.89. The molecule has 160 valence electrons. The van der Waals surface area contributed by atoms with Crippen molar-refractivity contribution in [3.63, 3.8) is 0 Å². The molecular formula is C20H36IN5O2. The highest BCUT2D eigenvalue weighted by atomic mass is 127. The molecule has 2 fully saturated rings. The van der Waals surface area contributed by atoms with Gasteiger partial charge in [-0.3, -0.25) is 9.89 Å². The topological polar surface area (TPSA) is 66.1 Å². The maximum Gasteiger partial charge on any atom is 0.193 e. The summed E-state index contributed by atoms with van der Waals surface area (Å²) in [6.07, 6.45) is 8.02. The summed E-state index contributed by atoms with van der Waals surface area (Å²) in [5, 5.41) is 7.66. The Morgan fingerprint density at radius 3 is 2.68 bits per heavy atom. The SMILES string of the molecule is CN=C(NCC1(N2CCOC(C)(C)C2)CCCCC1)N(C)Cc1ccon1.I. The monoisotopic (exact) mass is 505 g/mol. The Bertz CT molecular complexity index is 614. The lowest BCUT2D eigenvalue weighted by atomic mass is 9.79. The molecule has 0 unspecified atom stereocenters. The van der Waals surface area contributed by atoms with Gasteiger partial charge < -0.3 is 19.5 Å². The third-order valence-corrected chi connectivity index (χ3v) is 5.92. The molecule has 2 aliphatic rings. The third kappa shape index (κ3) is 5.82. The lowest BCUT2D eigenvalue weighted by molar-refractivity contribution is -0.122. The van der Waals surface area contributed by atoms with E-state index in [2.05, 4.69) is 39.1 Å². The van der Waals surface area contributed by atoms with Crippen molar-refractivity contribution < 1.29 is 9.26 Å². The predicted octanol–water partition coefficient (Wildman–Crippen LogP) is 3.11. The molecule has 3 rings (SSSR count). The van der Waals surface area contributed by atoms with Gasteiger partial charge in [-0.25, -0.2) is 0 Å². The second kappa shape index (κ2) is 10.2. The smallest absolute Gasteiger partial charge is 0.193 e. The van der Waals surface area contributed by atoms with E-state index in [4.69, 9.17) is 9.26 Å². The zero-order valence-electron chi connectivity index (χ0n) is 17.7. The van der Waals surface area contributed by atoms with Crippen LogP contribution >= 0.6 is 24.0 Å². The van der Waals surface area contributed by atoms with Crippen molar-refractivity contribution in [3.05, 3.63) is 18.0 Å². The lowest BCUT2D eigenvalue weighted by Gasteiger charge is -2.51. The van der Waals surface area contributed by atoms with Gasteiger partial charge in [-0.2, -0.15) is 0 Å². The van der Waals surface area contributed by atoms with E-state index in [0.717, 1.165) is 37.9 Å². The van der Waals surface area contributed by atoms with Crippen molar-refractivity contribution in [2.24, 2.45) is 4.99 Å². The summed E-state index contributed by atoms with van der Waals surface area (Å²) < 4.78 is 10.9. The molecule has 7 nitrogen and oxygen atoms in total. The van der Waals surface area contributed by atoms with Gasteiger partial charge in [-0.15, -0.1) is 24.0 Å². The molecule has 0 spiro atoms. The number of nitrogens with zero attached hydrogens (tertiary/aromatic N) is 4. The van der Waals surface area contributed by atoms with E-state index in [9.17, 15) is 0 Å². The van der Waals surface area contributed by atoms with Crippen LogP contribution in [0.3, 0.4) is 0 Å². The molecule has 1 aliphatic carbocycles. The zero-order chi connectivity index (χ0) is 19.3. The molecule has 28 heavy (non-hydrogen) atoms. The number of nitrogens with one attached hydrogen (secondary N) is 1. The van der Waals surface area contributed by atoms with E-state index in [-0.39, 0.29) is 35.1 Å². The molecule has 1 saturated heterocycles. The Kier molecular flexibility index (Phi) is 8.57. The normalized spacial score (nSPS) is 22.4. The van der Waals surface area contributed by atoms with Gasteiger partial charge in [-0.1, -0.05) is 24.4 Å².